The van der Waals surface area contributed by atoms with Gasteiger partial charge in [-0.05, 0) is 17.2 Å². The summed E-state index contributed by atoms with van der Waals surface area (Å²) in [5.74, 6) is 0.644. The molecule has 2 aromatic heterocycles. The van der Waals surface area contributed by atoms with Gasteiger partial charge in [-0.2, -0.15) is 0 Å². The predicted octanol–water partition coefficient (Wildman–Crippen LogP) is 2.26. The van der Waals surface area contributed by atoms with Gasteiger partial charge in [0, 0.05) is 35.8 Å². The highest BCUT2D eigenvalue weighted by molar-refractivity contribution is 6.58. The smallest absolute Gasteiger partial charge is 0.422 e. The Hall–Kier alpha value is -3.42. The number of rotatable bonds is 7. The minimum Gasteiger partial charge on any atom is -0.422 e. The summed E-state index contributed by atoms with van der Waals surface area (Å²) < 4.78 is 0. The van der Waals surface area contributed by atoms with Crippen LogP contribution in [0.25, 0.3) is 10.9 Å². The van der Waals surface area contributed by atoms with Gasteiger partial charge >= 0.3 is 7.12 Å². The van der Waals surface area contributed by atoms with Crippen LogP contribution in [0.4, 0.5) is 5.82 Å². The standard InChI is InChI=1S/C22H20BN3O3/c27-15-18-12-24-22(21-19(18)11-20(25-21)23(28)29)26(13-16-7-3-1-4-8-16)14-17-9-5-2-6-10-17/h1-12,15,25,28-29H,13-14H2. The van der Waals surface area contributed by atoms with Crippen LogP contribution in [0.15, 0.2) is 72.9 Å². The average molecular weight is 385 g/mol. The molecule has 144 valence electrons. The van der Waals surface area contributed by atoms with Crippen LogP contribution in [0.1, 0.15) is 21.5 Å². The molecule has 4 aromatic rings. The van der Waals surface area contributed by atoms with Gasteiger partial charge in [-0.1, -0.05) is 60.7 Å². The summed E-state index contributed by atoms with van der Waals surface area (Å²) in [6.45, 7) is 1.21. The lowest BCUT2D eigenvalue weighted by molar-refractivity contribution is 0.112. The molecule has 0 bridgehead atoms. The Morgan fingerprint density at radius 1 is 0.966 bits per heavy atom. The van der Waals surface area contributed by atoms with Crippen molar-refractivity contribution >= 4 is 35.7 Å². The lowest BCUT2D eigenvalue weighted by Crippen LogP contribution is -2.30. The summed E-state index contributed by atoms with van der Waals surface area (Å²) in [4.78, 5) is 21.1. The Balaban J connectivity index is 1.82. The highest BCUT2D eigenvalue weighted by Crippen LogP contribution is 2.27. The molecule has 4 rings (SSSR count). The third-order valence-corrected chi connectivity index (χ3v) is 4.84. The van der Waals surface area contributed by atoms with Gasteiger partial charge in [-0.25, -0.2) is 4.98 Å². The molecule has 0 saturated carbocycles. The number of benzene rings is 2. The molecule has 3 N–H and O–H groups in total. The Morgan fingerprint density at radius 2 is 1.55 bits per heavy atom. The zero-order valence-electron chi connectivity index (χ0n) is 15.7. The molecule has 0 amide bonds. The minimum absolute atomic E-state index is 0.219. The van der Waals surface area contributed by atoms with Gasteiger partial charge < -0.3 is 19.9 Å². The number of fused-ring (bicyclic) bond motifs is 1. The highest BCUT2D eigenvalue weighted by Gasteiger charge is 2.21. The summed E-state index contributed by atoms with van der Waals surface area (Å²) >= 11 is 0. The molecule has 0 aliphatic rings. The molecule has 0 saturated heterocycles. The van der Waals surface area contributed by atoms with Gasteiger partial charge in [0.1, 0.15) is 0 Å². The minimum atomic E-state index is -1.66. The van der Waals surface area contributed by atoms with E-state index in [1.807, 2.05) is 60.7 Å². The van der Waals surface area contributed by atoms with Crippen LogP contribution in [0.5, 0.6) is 0 Å². The van der Waals surface area contributed by atoms with Crippen LogP contribution in [0.2, 0.25) is 0 Å². The van der Waals surface area contributed by atoms with E-state index in [1.165, 1.54) is 6.20 Å². The maximum atomic E-state index is 11.5. The monoisotopic (exact) mass is 385 g/mol. The number of hydrogen-bond donors (Lipinski definition) is 3. The first-order valence-electron chi connectivity index (χ1n) is 9.31. The molecule has 0 atom stereocenters. The van der Waals surface area contributed by atoms with E-state index < -0.39 is 7.12 Å². The van der Waals surface area contributed by atoms with Crippen LogP contribution in [0, 0.1) is 0 Å². The van der Waals surface area contributed by atoms with Gasteiger partial charge in [-0.15, -0.1) is 0 Å². The maximum absolute atomic E-state index is 11.5. The number of H-pyrrole nitrogens is 1. The Kier molecular flexibility index (Phi) is 5.42. The first-order valence-corrected chi connectivity index (χ1v) is 9.31. The Morgan fingerprint density at radius 3 is 2.07 bits per heavy atom. The molecule has 0 aliphatic carbocycles. The molecular formula is C22H20BN3O3. The van der Waals surface area contributed by atoms with E-state index in [2.05, 4.69) is 14.9 Å². The number of pyridine rings is 1. The Labute approximate surface area is 168 Å². The van der Waals surface area contributed by atoms with Crippen molar-refractivity contribution in [2.75, 3.05) is 4.90 Å². The summed E-state index contributed by atoms with van der Waals surface area (Å²) in [5, 5.41) is 19.8. The van der Waals surface area contributed by atoms with Crippen molar-refractivity contribution in [2.45, 2.75) is 13.1 Å². The zero-order valence-corrected chi connectivity index (χ0v) is 15.7. The number of aldehydes is 1. The van der Waals surface area contributed by atoms with Crippen molar-refractivity contribution in [3.05, 3.63) is 89.6 Å². The Bertz CT molecular complexity index is 1070. The van der Waals surface area contributed by atoms with E-state index in [-0.39, 0.29) is 5.59 Å². The number of nitrogens with zero attached hydrogens (tertiary/aromatic N) is 2. The van der Waals surface area contributed by atoms with Crippen molar-refractivity contribution in [2.24, 2.45) is 0 Å². The van der Waals surface area contributed by atoms with E-state index in [9.17, 15) is 14.8 Å². The molecule has 7 heteroatoms. The molecule has 0 fully saturated rings. The predicted molar refractivity (Wildman–Crippen MR) is 114 cm³/mol. The zero-order chi connectivity index (χ0) is 20.2. The topological polar surface area (TPSA) is 89.5 Å². The van der Waals surface area contributed by atoms with Gasteiger partial charge in [0.25, 0.3) is 0 Å². The van der Waals surface area contributed by atoms with E-state index in [4.69, 9.17) is 0 Å². The second-order valence-corrected chi connectivity index (χ2v) is 6.87. The largest absolute Gasteiger partial charge is 0.505 e. The molecule has 2 heterocycles. The van der Waals surface area contributed by atoms with Gasteiger partial charge in [0.2, 0.25) is 0 Å². The summed E-state index contributed by atoms with van der Waals surface area (Å²) in [5.41, 5.74) is 3.45. The molecule has 0 unspecified atom stereocenters. The number of aromatic nitrogens is 2. The van der Waals surface area contributed by atoms with Crippen molar-refractivity contribution in [1.82, 2.24) is 9.97 Å². The van der Waals surface area contributed by atoms with E-state index in [0.717, 1.165) is 17.4 Å². The molecule has 0 spiro atoms. The lowest BCUT2D eigenvalue weighted by atomic mass is 9.86. The van der Waals surface area contributed by atoms with Gasteiger partial charge in [-0.3, -0.25) is 4.79 Å². The van der Waals surface area contributed by atoms with Crippen LogP contribution in [-0.2, 0) is 13.1 Å². The van der Waals surface area contributed by atoms with Crippen LogP contribution >= 0.6 is 0 Å². The van der Waals surface area contributed by atoms with Gasteiger partial charge in [0.15, 0.2) is 12.1 Å². The molecule has 2 aromatic carbocycles. The maximum Gasteiger partial charge on any atom is 0.505 e. The van der Waals surface area contributed by atoms with Crippen LogP contribution in [-0.4, -0.2) is 33.4 Å². The number of carbonyl (C=O) groups excluding carboxylic acids is 1. The van der Waals surface area contributed by atoms with Crippen LogP contribution < -0.4 is 10.5 Å². The number of aromatic amines is 1. The number of carbonyl (C=O) groups is 1. The van der Waals surface area contributed by atoms with E-state index in [1.54, 1.807) is 6.07 Å². The second-order valence-electron chi connectivity index (χ2n) is 6.87. The number of anilines is 1. The van der Waals surface area contributed by atoms with Crippen molar-refractivity contribution in [1.29, 1.82) is 0 Å². The van der Waals surface area contributed by atoms with Crippen molar-refractivity contribution < 1.29 is 14.8 Å². The number of nitrogens with one attached hydrogen (secondary N) is 1. The molecule has 0 radical (unpaired) electrons. The third-order valence-electron chi connectivity index (χ3n) is 4.84. The molecule has 6 nitrogen and oxygen atoms in total. The summed E-state index contributed by atoms with van der Waals surface area (Å²) in [6, 6.07) is 21.7. The molecule has 29 heavy (non-hydrogen) atoms. The first kappa shape index (κ1) is 18.9. The lowest BCUT2D eigenvalue weighted by Gasteiger charge is -2.25. The average Bonchev–Trinajstić information content (AvgIpc) is 3.20. The van der Waals surface area contributed by atoms with E-state index >= 15 is 0 Å². The van der Waals surface area contributed by atoms with Gasteiger partial charge in [0.05, 0.1) is 5.52 Å². The fraction of sp³-hybridized carbons (Fsp3) is 0.0909. The summed E-state index contributed by atoms with van der Waals surface area (Å²) in [7, 11) is -1.66. The fourth-order valence-electron chi connectivity index (χ4n) is 3.43. The highest BCUT2D eigenvalue weighted by atomic mass is 16.4. The van der Waals surface area contributed by atoms with E-state index in [0.29, 0.717) is 35.4 Å². The SMILES string of the molecule is O=Cc1cnc(N(Cc2ccccc2)Cc2ccccc2)c2[nH]c(B(O)O)cc12. The van der Waals surface area contributed by atoms with Crippen molar-refractivity contribution in [3.8, 4) is 0 Å². The summed E-state index contributed by atoms with van der Waals surface area (Å²) in [6.07, 6.45) is 2.24. The molecule has 0 aliphatic heterocycles. The second kappa shape index (κ2) is 8.30. The normalized spacial score (nSPS) is 10.8. The quantitative estimate of drug-likeness (QED) is 0.336. The number of hydrogen-bond acceptors (Lipinski definition) is 5. The third kappa shape index (κ3) is 4.06. The molecular weight excluding hydrogens is 365 g/mol. The fourth-order valence-corrected chi connectivity index (χ4v) is 3.43. The first-order chi connectivity index (χ1) is 14.2. The van der Waals surface area contributed by atoms with Crippen molar-refractivity contribution in [3.63, 3.8) is 0 Å². The van der Waals surface area contributed by atoms with Crippen LogP contribution in [0.3, 0.4) is 0 Å².